The van der Waals surface area contributed by atoms with Crippen molar-refractivity contribution in [1.82, 2.24) is 0 Å². The van der Waals surface area contributed by atoms with Gasteiger partial charge in [0, 0.05) is 28.8 Å². The Bertz CT molecular complexity index is 425. The highest BCUT2D eigenvalue weighted by atomic mass is 79.9. The molecule has 3 N–H and O–H groups in total. The molecule has 1 aromatic carbocycles. The third kappa shape index (κ3) is 2.63. The van der Waals surface area contributed by atoms with Crippen molar-refractivity contribution in [2.45, 2.75) is 31.7 Å². The lowest BCUT2D eigenvalue weighted by molar-refractivity contribution is 0.653. The summed E-state index contributed by atoms with van der Waals surface area (Å²) in [6.07, 6.45) is 5.23. The van der Waals surface area contributed by atoms with Gasteiger partial charge in [0.15, 0.2) is 0 Å². The zero-order chi connectivity index (χ0) is 12.4. The summed E-state index contributed by atoms with van der Waals surface area (Å²) >= 11 is 3.48. The fourth-order valence-corrected chi connectivity index (χ4v) is 3.02. The molecule has 0 unspecified atom stereocenters. The number of nitrogens with two attached hydrogens (primary N) is 1. The second kappa shape index (κ2) is 5.08. The van der Waals surface area contributed by atoms with Crippen LogP contribution in [0.15, 0.2) is 22.7 Å². The molecular weight excluding hydrogens is 278 g/mol. The zero-order valence-corrected chi connectivity index (χ0v) is 11.6. The van der Waals surface area contributed by atoms with Crippen molar-refractivity contribution in [2.75, 3.05) is 11.9 Å². The van der Waals surface area contributed by atoms with E-state index in [0.29, 0.717) is 6.04 Å². The molecule has 1 aromatic rings. The van der Waals surface area contributed by atoms with E-state index in [4.69, 9.17) is 11.1 Å². The molecule has 0 aromatic heterocycles. The standard InChI is InChI=1S/C13H18BrN3/c1-17(9-4-2-3-5-9)10-6-7-11(13(15)16)12(14)8-10/h6-9H,2-5H2,1H3,(H3,15,16). The Labute approximate surface area is 111 Å². The van der Waals surface area contributed by atoms with Crippen LogP contribution >= 0.6 is 15.9 Å². The molecule has 1 saturated carbocycles. The first-order valence-corrected chi connectivity index (χ1v) is 6.75. The average molecular weight is 296 g/mol. The van der Waals surface area contributed by atoms with E-state index in [1.165, 1.54) is 31.4 Å². The molecule has 0 saturated heterocycles. The number of halogens is 1. The van der Waals surface area contributed by atoms with Gasteiger partial charge >= 0.3 is 0 Å². The van der Waals surface area contributed by atoms with Crippen LogP contribution in [0, 0.1) is 5.41 Å². The molecule has 0 atom stereocenters. The van der Waals surface area contributed by atoms with Crippen LogP contribution in [-0.2, 0) is 0 Å². The summed E-state index contributed by atoms with van der Waals surface area (Å²) in [5, 5.41) is 7.46. The van der Waals surface area contributed by atoms with Crippen LogP contribution in [0.5, 0.6) is 0 Å². The van der Waals surface area contributed by atoms with Crippen LogP contribution in [0.4, 0.5) is 5.69 Å². The summed E-state index contributed by atoms with van der Waals surface area (Å²) in [5.41, 5.74) is 7.45. The number of rotatable bonds is 3. The molecule has 3 nitrogen and oxygen atoms in total. The Morgan fingerprint density at radius 3 is 2.59 bits per heavy atom. The van der Waals surface area contributed by atoms with Gasteiger partial charge < -0.3 is 10.6 Å². The quantitative estimate of drug-likeness (QED) is 0.665. The van der Waals surface area contributed by atoms with Crippen molar-refractivity contribution in [2.24, 2.45) is 5.73 Å². The predicted molar refractivity (Wildman–Crippen MR) is 75.8 cm³/mol. The molecule has 92 valence electrons. The second-order valence-corrected chi connectivity index (χ2v) is 5.48. The van der Waals surface area contributed by atoms with E-state index in [1.807, 2.05) is 12.1 Å². The zero-order valence-electron chi connectivity index (χ0n) is 10.0. The minimum Gasteiger partial charge on any atom is -0.384 e. The summed E-state index contributed by atoms with van der Waals surface area (Å²) in [7, 11) is 2.14. The monoisotopic (exact) mass is 295 g/mol. The van der Waals surface area contributed by atoms with Gasteiger partial charge in [-0.15, -0.1) is 0 Å². The van der Waals surface area contributed by atoms with Crippen LogP contribution < -0.4 is 10.6 Å². The minimum absolute atomic E-state index is 0.104. The molecule has 0 radical (unpaired) electrons. The maximum Gasteiger partial charge on any atom is 0.123 e. The van der Waals surface area contributed by atoms with E-state index in [2.05, 4.69) is 33.9 Å². The molecule has 0 amide bonds. The van der Waals surface area contributed by atoms with Gasteiger partial charge in [-0.1, -0.05) is 12.8 Å². The van der Waals surface area contributed by atoms with Crippen LogP contribution in [0.1, 0.15) is 31.2 Å². The number of hydrogen-bond acceptors (Lipinski definition) is 2. The Hall–Kier alpha value is -1.03. The summed E-state index contributed by atoms with van der Waals surface area (Å²) < 4.78 is 0.896. The van der Waals surface area contributed by atoms with Crippen LogP contribution in [-0.4, -0.2) is 18.9 Å². The largest absolute Gasteiger partial charge is 0.384 e. The molecule has 17 heavy (non-hydrogen) atoms. The molecule has 0 heterocycles. The molecule has 4 heteroatoms. The van der Waals surface area contributed by atoms with E-state index in [1.54, 1.807) is 0 Å². The first-order chi connectivity index (χ1) is 8.09. The highest BCUT2D eigenvalue weighted by Crippen LogP contribution is 2.29. The highest BCUT2D eigenvalue weighted by molar-refractivity contribution is 9.10. The molecule has 0 spiro atoms. The number of nitrogen functional groups attached to an aromatic ring is 1. The number of benzene rings is 1. The van der Waals surface area contributed by atoms with E-state index in [0.717, 1.165) is 10.0 Å². The topological polar surface area (TPSA) is 53.1 Å². The van der Waals surface area contributed by atoms with Crippen molar-refractivity contribution in [3.63, 3.8) is 0 Å². The van der Waals surface area contributed by atoms with Crippen molar-refractivity contribution < 1.29 is 0 Å². The minimum atomic E-state index is 0.104. The lowest BCUT2D eigenvalue weighted by Crippen LogP contribution is -2.28. The van der Waals surface area contributed by atoms with E-state index in [-0.39, 0.29) is 5.84 Å². The van der Waals surface area contributed by atoms with Crippen molar-refractivity contribution in [3.05, 3.63) is 28.2 Å². The number of anilines is 1. The fourth-order valence-electron chi connectivity index (χ4n) is 2.44. The fraction of sp³-hybridized carbons (Fsp3) is 0.462. The van der Waals surface area contributed by atoms with Gasteiger partial charge in [0.2, 0.25) is 0 Å². The summed E-state index contributed by atoms with van der Waals surface area (Å²) in [6.45, 7) is 0. The molecular formula is C13H18BrN3. The number of nitrogens with zero attached hydrogens (tertiary/aromatic N) is 1. The average Bonchev–Trinajstić information content (AvgIpc) is 2.80. The molecule has 1 aliphatic carbocycles. The van der Waals surface area contributed by atoms with Gasteiger partial charge in [-0.2, -0.15) is 0 Å². The Balaban J connectivity index is 2.21. The van der Waals surface area contributed by atoms with E-state index < -0.39 is 0 Å². The van der Waals surface area contributed by atoms with E-state index in [9.17, 15) is 0 Å². The molecule has 2 rings (SSSR count). The Morgan fingerprint density at radius 1 is 1.41 bits per heavy atom. The Kier molecular flexibility index (Phi) is 3.72. The van der Waals surface area contributed by atoms with Crippen LogP contribution in [0.3, 0.4) is 0 Å². The van der Waals surface area contributed by atoms with Gasteiger partial charge in [0.05, 0.1) is 0 Å². The maximum atomic E-state index is 7.46. The van der Waals surface area contributed by atoms with E-state index >= 15 is 0 Å². The normalized spacial score (nSPS) is 16.1. The molecule has 1 fully saturated rings. The summed E-state index contributed by atoms with van der Waals surface area (Å²) in [6, 6.07) is 6.66. The lowest BCUT2D eigenvalue weighted by atomic mass is 10.1. The SMILES string of the molecule is CN(c1ccc(C(=N)N)c(Br)c1)C1CCCC1. The molecule has 0 aliphatic heterocycles. The first kappa shape index (κ1) is 12.4. The van der Waals surface area contributed by atoms with Gasteiger partial charge in [0.25, 0.3) is 0 Å². The van der Waals surface area contributed by atoms with Gasteiger partial charge in [0.1, 0.15) is 5.84 Å². The number of hydrogen-bond donors (Lipinski definition) is 2. The number of nitrogens with one attached hydrogen (secondary N) is 1. The third-order valence-electron chi connectivity index (χ3n) is 3.52. The summed E-state index contributed by atoms with van der Waals surface area (Å²) in [4.78, 5) is 2.33. The van der Waals surface area contributed by atoms with Crippen LogP contribution in [0.2, 0.25) is 0 Å². The van der Waals surface area contributed by atoms with Crippen LogP contribution in [0.25, 0.3) is 0 Å². The van der Waals surface area contributed by atoms with Crippen molar-refractivity contribution in [1.29, 1.82) is 5.41 Å². The number of amidine groups is 1. The summed E-state index contributed by atoms with van der Waals surface area (Å²) in [5.74, 6) is 0.104. The van der Waals surface area contributed by atoms with Gasteiger partial charge in [-0.3, -0.25) is 5.41 Å². The maximum absolute atomic E-state index is 7.46. The second-order valence-electron chi connectivity index (χ2n) is 4.63. The molecule has 1 aliphatic rings. The van der Waals surface area contributed by atoms with Crippen molar-refractivity contribution >= 4 is 27.5 Å². The molecule has 0 bridgehead atoms. The van der Waals surface area contributed by atoms with Gasteiger partial charge in [-0.05, 0) is 47.0 Å². The van der Waals surface area contributed by atoms with Gasteiger partial charge in [-0.25, -0.2) is 0 Å². The first-order valence-electron chi connectivity index (χ1n) is 5.96. The predicted octanol–water partition coefficient (Wildman–Crippen LogP) is 3.11. The third-order valence-corrected chi connectivity index (χ3v) is 4.18. The smallest absolute Gasteiger partial charge is 0.123 e. The highest BCUT2D eigenvalue weighted by Gasteiger charge is 2.20. The lowest BCUT2D eigenvalue weighted by Gasteiger charge is -2.27. The Morgan fingerprint density at radius 2 is 2.06 bits per heavy atom. The van der Waals surface area contributed by atoms with Crippen molar-refractivity contribution in [3.8, 4) is 0 Å².